The van der Waals surface area contributed by atoms with Gasteiger partial charge in [0.1, 0.15) is 4.90 Å². The van der Waals surface area contributed by atoms with E-state index < -0.39 is 26.8 Å². The van der Waals surface area contributed by atoms with Gasteiger partial charge in [-0.2, -0.15) is 0 Å². The predicted octanol–water partition coefficient (Wildman–Crippen LogP) is 3.83. The summed E-state index contributed by atoms with van der Waals surface area (Å²) in [6.07, 6.45) is 0. The highest BCUT2D eigenvalue weighted by molar-refractivity contribution is 8.45. The number of amides is 2. The fourth-order valence-corrected chi connectivity index (χ4v) is 1.91. The lowest BCUT2D eigenvalue weighted by atomic mass is 10.3. The number of urea groups is 1. The van der Waals surface area contributed by atoms with Crippen LogP contribution in [0.3, 0.4) is 0 Å². The summed E-state index contributed by atoms with van der Waals surface area (Å²) in [4.78, 5) is 8.20. The van der Waals surface area contributed by atoms with Crippen molar-refractivity contribution in [2.24, 2.45) is 5.73 Å². The maximum atomic E-state index is 12.5. The van der Waals surface area contributed by atoms with E-state index in [-0.39, 0.29) is 6.07 Å². The Morgan fingerprint density at radius 2 is 1.62 bits per heavy atom. The summed E-state index contributed by atoms with van der Waals surface area (Å²) in [5, 5.41) is 1.50. The maximum Gasteiger partial charge on any atom is 0.316 e. The van der Waals surface area contributed by atoms with Crippen LogP contribution in [0.4, 0.5) is 29.9 Å². The largest absolute Gasteiger partial charge is 0.351 e. The van der Waals surface area contributed by atoms with Gasteiger partial charge in [0.25, 0.3) is 0 Å². The Kier molecular flexibility index (Phi) is 2.19. The number of nitrogens with one attached hydrogen (secondary N) is 1. The zero-order valence-corrected chi connectivity index (χ0v) is 8.41. The Morgan fingerprint density at radius 3 is 2.06 bits per heavy atom. The van der Waals surface area contributed by atoms with Crippen LogP contribution in [-0.2, 0) is 0 Å². The van der Waals surface area contributed by atoms with Crippen molar-refractivity contribution < 1.29 is 24.2 Å². The molecule has 1 rings (SSSR count). The molecule has 3 N–H and O–H groups in total. The number of nitrogens with two attached hydrogens (primary N) is 1. The minimum atomic E-state index is -9.82. The van der Waals surface area contributed by atoms with Crippen LogP contribution in [0, 0.1) is 0 Å². The molecule has 0 aliphatic heterocycles. The molecule has 0 fully saturated rings. The van der Waals surface area contributed by atoms with Gasteiger partial charge in [0.15, 0.2) is 0 Å². The van der Waals surface area contributed by atoms with Crippen molar-refractivity contribution in [3.05, 3.63) is 24.3 Å². The van der Waals surface area contributed by atoms with E-state index in [1.54, 1.807) is 0 Å². The summed E-state index contributed by atoms with van der Waals surface area (Å²) in [6, 6.07) is 1.39. The number of rotatable bonds is 2. The van der Waals surface area contributed by atoms with Gasteiger partial charge in [0.2, 0.25) is 0 Å². The van der Waals surface area contributed by atoms with E-state index in [9.17, 15) is 24.2 Å². The summed E-state index contributed by atoms with van der Waals surface area (Å²) >= 11 is 0. The van der Waals surface area contributed by atoms with Gasteiger partial charge in [-0.1, -0.05) is 31.6 Å². The number of anilines is 1. The van der Waals surface area contributed by atoms with Crippen molar-refractivity contribution in [3.8, 4) is 0 Å². The Balaban J connectivity index is 3.42. The molecule has 0 saturated carbocycles. The predicted molar refractivity (Wildman–Crippen MR) is 51.0 cm³/mol. The molecule has 1 aromatic rings. The van der Waals surface area contributed by atoms with Gasteiger partial charge < -0.3 is 11.1 Å². The third-order valence-electron chi connectivity index (χ3n) is 1.56. The molecule has 0 saturated heterocycles. The molecule has 0 aromatic heterocycles. The van der Waals surface area contributed by atoms with E-state index in [1.807, 2.05) is 0 Å². The van der Waals surface area contributed by atoms with Gasteiger partial charge in [0, 0.05) is 0 Å². The maximum absolute atomic E-state index is 12.5. The molecular weight excluding hydrogens is 255 g/mol. The van der Waals surface area contributed by atoms with E-state index in [0.717, 1.165) is 12.1 Å². The standard InChI is InChI=1S/C7H7F5N2OS/c8-16(9,10,11,12)6-4-2-1-3-5(6)14-7(13)15/h1-4H,(H3,13,14,15). The molecule has 16 heavy (non-hydrogen) atoms. The molecule has 0 heterocycles. The highest BCUT2D eigenvalue weighted by Crippen LogP contribution is 3.02. The van der Waals surface area contributed by atoms with Crippen LogP contribution < -0.4 is 11.1 Å². The van der Waals surface area contributed by atoms with Gasteiger partial charge in [0.05, 0.1) is 5.69 Å². The number of carbonyl (C=O) groups is 1. The molecule has 0 spiro atoms. The molecular formula is C7H7F5N2OS. The summed E-state index contributed by atoms with van der Waals surface area (Å²) in [6.45, 7) is 0. The third-order valence-corrected chi connectivity index (χ3v) is 2.75. The molecule has 0 radical (unpaired) electrons. The average Bonchev–Trinajstić information content (AvgIpc) is 1.99. The fourth-order valence-electron chi connectivity index (χ4n) is 1.04. The quantitative estimate of drug-likeness (QED) is 0.782. The molecule has 0 aliphatic carbocycles. The second kappa shape index (κ2) is 2.78. The number of para-hydroxylation sites is 1. The van der Waals surface area contributed by atoms with E-state index in [2.05, 4.69) is 5.73 Å². The molecule has 9 heteroatoms. The normalized spacial score (nSPS) is 16.1. The topological polar surface area (TPSA) is 55.1 Å². The number of primary amides is 1. The highest BCUT2D eigenvalue weighted by Gasteiger charge is 2.66. The second-order valence-electron chi connectivity index (χ2n) is 2.95. The van der Waals surface area contributed by atoms with Crippen LogP contribution in [0.2, 0.25) is 0 Å². The summed E-state index contributed by atoms with van der Waals surface area (Å²) in [7, 11) is -9.82. The molecule has 0 unspecified atom stereocenters. The smallest absolute Gasteiger partial charge is 0.316 e. The lowest BCUT2D eigenvalue weighted by Crippen LogP contribution is -2.21. The zero-order valence-electron chi connectivity index (χ0n) is 7.59. The SMILES string of the molecule is NC(=O)Nc1ccccc1S(F)(F)(F)(F)F. The highest BCUT2D eigenvalue weighted by atomic mass is 32.5. The Morgan fingerprint density at radius 1 is 1.12 bits per heavy atom. The Labute approximate surface area is 87.1 Å². The van der Waals surface area contributed by atoms with Crippen molar-refractivity contribution in [3.63, 3.8) is 0 Å². The van der Waals surface area contributed by atoms with Crippen molar-refractivity contribution in [1.29, 1.82) is 0 Å². The first-order valence-electron chi connectivity index (χ1n) is 3.80. The third kappa shape index (κ3) is 2.99. The average molecular weight is 262 g/mol. The van der Waals surface area contributed by atoms with Gasteiger partial charge in [-0.15, -0.1) is 0 Å². The van der Waals surface area contributed by atoms with Crippen LogP contribution >= 0.6 is 10.2 Å². The minimum Gasteiger partial charge on any atom is -0.351 e. The van der Waals surface area contributed by atoms with Crippen molar-refractivity contribution in [2.75, 3.05) is 5.32 Å². The summed E-state index contributed by atoms with van der Waals surface area (Å²) < 4.78 is 62.3. The summed E-state index contributed by atoms with van der Waals surface area (Å²) in [5.41, 5.74) is 3.51. The van der Waals surface area contributed by atoms with Crippen LogP contribution in [0.1, 0.15) is 0 Å². The lowest BCUT2D eigenvalue weighted by Gasteiger charge is -2.41. The van der Waals surface area contributed by atoms with Gasteiger partial charge >= 0.3 is 16.3 Å². The first-order valence-corrected chi connectivity index (χ1v) is 5.75. The molecule has 0 atom stereocenters. The number of hydrogen-bond acceptors (Lipinski definition) is 1. The van der Waals surface area contributed by atoms with Crippen LogP contribution in [-0.4, -0.2) is 6.03 Å². The minimum absolute atomic E-state index is 0.187. The first kappa shape index (κ1) is 12.6. The number of hydrogen-bond donors (Lipinski definition) is 2. The van der Waals surface area contributed by atoms with E-state index in [0.29, 0.717) is 6.07 Å². The fraction of sp³-hybridized carbons (Fsp3) is 0. The second-order valence-corrected chi connectivity index (χ2v) is 5.33. The molecule has 3 nitrogen and oxygen atoms in total. The lowest BCUT2D eigenvalue weighted by molar-refractivity contribution is 0.259. The first-order chi connectivity index (χ1) is 6.90. The van der Waals surface area contributed by atoms with Crippen LogP contribution in [0.25, 0.3) is 0 Å². The van der Waals surface area contributed by atoms with Crippen molar-refractivity contribution in [1.82, 2.24) is 0 Å². The Bertz CT molecular complexity index is 443. The molecule has 92 valence electrons. The molecule has 0 bridgehead atoms. The number of carbonyl (C=O) groups excluding carboxylic acids is 1. The monoisotopic (exact) mass is 262 g/mol. The zero-order chi connectivity index (χ0) is 12.7. The van der Waals surface area contributed by atoms with Crippen molar-refractivity contribution >= 4 is 21.9 Å². The number of halogens is 5. The van der Waals surface area contributed by atoms with Crippen molar-refractivity contribution in [2.45, 2.75) is 4.90 Å². The van der Waals surface area contributed by atoms with E-state index in [1.165, 1.54) is 5.32 Å². The summed E-state index contributed by atoms with van der Waals surface area (Å²) in [5.74, 6) is 0. The van der Waals surface area contributed by atoms with Gasteiger partial charge in [-0.25, -0.2) is 4.79 Å². The van der Waals surface area contributed by atoms with Gasteiger partial charge in [-0.05, 0) is 12.1 Å². The van der Waals surface area contributed by atoms with Crippen LogP contribution in [0.5, 0.6) is 0 Å². The van der Waals surface area contributed by atoms with E-state index in [4.69, 9.17) is 0 Å². The van der Waals surface area contributed by atoms with Crippen LogP contribution in [0.15, 0.2) is 29.2 Å². The Hall–Kier alpha value is -1.51. The van der Waals surface area contributed by atoms with E-state index >= 15 is 0 Å². The molecule has 1 aromatic carbocycles. The molecule has 2 amide bonds. The molecule has 0 aliphatic rings. The van der Waals surface area contributed by atoms with Gasteiger partial charge in [-0.3, -0.25) is 0 Å². The number of benzene rings is 1.